The second kappa shape index (κ2) is 21.3. The van der Waals surface area contributed by atoms with Crippen LogP contribution < -0.4 is 10.6 Å². The third-order valence-corrected chi connectivity index (χ3v) is 8.53. The summed E-state index contributed by atoms with van der Waals surface area (Å²) >= 11 is 1.20. The number of nitrogens with one attached hydrogen (secondary N) is 2. The van der Waals surface area contributed by atoms with Crippen LogP contribution in [0, 0.1) is 5.41 Å². The lowest BCUT2D eigenvalue weighted by Gasteiger charge is -2.44. The van der Waals surface area contributed by atoms with Gasteiger partial charge in [0.15, 0.2) is 10.9 Å². The van der Waals surface area contributed by atoms with Crippen LogP contribution in [0.2, 0.25) is 0 Å². The Labute approximate surface area is 255 Å². The van der Waals surface area contributed by atoms with Gasteiger partial charge in [-0.25, -0.2) is 0 Å². The number of hydrogen-bond acceptors (Lipinski definition) is 6. The maximum absolute atomic E-state index is 12.7. The van der Waals surface area contributed by atoms with Crippen molar-refractivity contribution in [3.05, 3.63) is 12.2 Å². The van der Waals surface area contributed by atoms with Crippen LogP contribution in [0.3, 0.4) is 0 Å². The first-order valence-corrected chi connectivity index (χ1v) is 17.1. The van der Waals surface area contributed by atoms with Crippen LogP contribution in [0.4, 0.5) is 0 Å². The highest BCUT2D eigenvalue weighted by Gasteiger charge is 2.45. The molecule has 1 aliphatic rings. The van der Waals surface area contributed by atoms with Crippen molar-refractivity contribution in [2.24, 2.45) is 5.41 Å². The fraction of sp³-hybridized carbons (Fsp3) is 0.848. The van der Waals surface area contributed by atoms with Crippen molar-refractivity contribution >= 4 is 28.7 Å². The van der Waals surface area contributed by atoms with Crippen molar-refractivity contribution in [1.29, 1.82) is 0 Å². The smallest absolute Gasteiger partial charge is 0.249 e. The lowest BCUT2D eigenvalue weighted by atomic mass is 9.85. The standard InChI is InChI=1S/C33H60N2O5S/c1-7-8-9-10-11-12-13-14-15-16-17-18-19-20-21-22-28(36)35-27(2)25-41-29(37)23-24-34-31(38)30-32(3,4)26-39-33(5,6)40-30/h14-15,27,30H,7-13,16-26H2,1-6H3,(H,34,38)(H,35,36)/b15-14-/t27-,30?/m0/s1. The van der Waals surface area contributed by atoms with Crippen LogP contribution in [0.1, 0.15) is 138 Å². The van der Waals surface area contributed by atoms with E-state index in [1.165, 1.54) is 76.0 Å². The summed E-state index contributed by atoms with van der Waals surface area (Å²) in [5.41, 5.74) is -0.448. The molecule has 1 saturated heterocycles. The SMILES string of the molecule is CCCCCCCC/C=C\CCCCCCCC(=O)N[C@@H](C)CSC(=O)CCNC(=O)C1OC(C)(C)OCC1(C)C. The summed E-state index contributed by atoms with van der Waals surface area (Å²) in [5.74, 6) is -0.457. The van der Waals surface area contributed by atoms with E-state index in [0.717, 1.165) is 19.3 Å². The maximum Gasteiger partial charge on any atom is 0.249 e. The molecule has 0 aliphatic carbocycles. The minimum atomic E-state index is -0.812. The van der Waals surface area contributed by atoms with E-state index in [4.69, 9.17) is 9.47 Å². The van der Waals surface area contributed by atoms with Gasteiger partial charge in [0.2, 0.25) is 11.8 Å². The molecule has 1 unspecified atom stereocenters. The van der Waals surface area contributed by atoms with Gasteiger partial charge in [0, 0.05) is 36.6 Å². The van der Waals surface area contributed by atoms with Crippen LogP contribution in [0.15, 0.2) is 12.2 Å². The Morgan fingerprint density at radius 2 is 1.46 bits per heavy atom. The van der Waals surface area contributed by atoms with Crippen LogP contribution in [-0.4, -0.2) is 53.8 Å². The number of thioether (sulfide) groups is 1. The van der Waals surface area contributed by atoms with Gasteiger partial charge in [-0.05, 0) is 52.9 Å². The number of carbonyl (C=O) groups excluding carboxylic acids is 3. The third kappa shape index (κ3) is 18.7. The highest BCUT2D eigenvalue weighted by Crippen LogP contribution is 2.34. The fourth-order valence-corrected chi connectivity index (χ4v) is 5.50. The minimum Gasteiger partial charge on any atom is -0.353 e. The van der Waals surface area contributed by atoms with Gasteiger partial charge in [-0.3, -0.25) is 14.4 Å². The van der Waals surface area contributed by atoms with Gasteiger partial charge in [-0.15, -0.1) is 0 Å². The molecule has 7 nitrogen and oxygen atoms in total. The summed E-state index contributed by atoms with van der Waals surface area (Å²) in [5, 5.41) is 5.83. The zero-order valence-corrected chi connectivity index (χ0v) is 27.8. The number of rotatable bonds is 22. The average Bonchev–Trinajstić information content (AvgIpc) is 2.91. The lowest BCUT2D eigenvalue weighted by Crippen LogP contribution is -2.56. The Bertz CT molecular complexity index is 784. The molecule has 0 aromatic carbocycles. The van der Waals surface area contributed by atoms with Gasteiger partial charge < -0.3 is 20.1 Å². The minimum absolute atomic E-state index is 0.00358. The van der Waals surface area contributed by atoms with Crippen molar-refractivity contribution in [2.75, 3.05) is 18.9 Å². The topological polar surface area (TPSA) is 93.7 Å². The van der Waals surface area contributed by atoms with Crippen LogP contribution in [-0.2, 0) is 23.9 Å². The van der Waals surface area contributed by atoms with E-state index in [2.05, 4.69) is 29.7 Å². The Morgan fingerprint density at radius 3 is 2.10 bits per heavy atom. The molecular weight excluding hydrogens is 536 g/mol. The van der Waals surface area contributed by atoms with Crippen molar-refractivity contribution in [3.8, 4) is 0 Å². The molecule has 0 saturated carbocycles. The third-order valence-electron chi connectivity index (χ3n) is 7.34. The summed E-state index contributed by atoms with van der Waals surface area (Å²) < 4.78 is 11.5. The molecule has 0 spiro atoms. The average molecular weight is 597 g/mol. The molecule has 238 valence electrons. The second-order valence-electron chi connectivity index (χ2n) is 12.7. The molecule has 0 bridgehead atoms. The highest BCUT2D eigenvalue weighted by molar-refractivity contribution is 8.13. The predicted octanol–water partition coefficient (Wildman–Crippen LogP) is 7.47. The molecule has 0 radical (unpaired) electrons. The summed E-state index contributed by atoms with van der Waals surface area (Å²) in [7, 11) is 0. The summed E-state index contributed by atoms with van der Waals surface area (Å²) in [6.07, 6.45) is 20.9. The second-order valence-corrected chi connectivity index (χ2v) is 13.8. The summed E-state index contributed by atoms with van der Waals surface area (Å²) in [6, 6.07) is -0.0761. The van der Waals surface area contributed by atoms with Crippen LogP contribution in [0.5, 0.6) is 0 Å². The highest BCUT2D eigenvalue weighted by atomic mass is 32.2. The van der Waals surface area contributed by atoms with E-state index in [1.807, 2.05) is 20.8 Å². The Morgan fingerprint density at radius 1 is 0.878 bits per heavy atom. The molecule has 41 heavy (non-hydrogen) atoms. The monoisotopic (exact) mass is 596 g/mol. The molecule has 0 aromatic heterocycles. The molecule has 8 heteroatoms. The summed E-state index contributed by atoms with van der Waals surface area (Å²) in [4.78, 5) is 37.2. The molecule has 0 aromatic rings. The van der Waals surface area contributed by atoms with Gasteiger partial charge in [-0.1, -0.05) is 96.1 Å². The van der Waals surface area contributed by atoms with E-state index in [1.54, 1.807) is 13.8 Å². The van der Waals surface area contributed by atoms with Crippen LogP contribution >= 0.6 is 11.8 Å². The number of allylic oxidation sites excluding steroid dienone is 2. The van der Waals surface area contributed by atoms with Crippen molar-refractivity contribution in [3.63, 3.8) is 0 Å². The fourth-order valence-electron chi connectivity index (χ4n) is 4.74. The zero-order chi connectivity index (χ0) is 30.6. The zero-order valence-electron chi connectivity index (χ0n) is 27.0. The maximum atomic E-state index is 12.7. The molecule has 2 amide bonds. The molecule has 1 rings (SSSR count). The number of hydrogen-bond donors (Lipinski definition) is 2. The molecule has 1 heterocycles. The van der Waals surface area contributed by atoms with Crippen LogP contribution in [0.25, 0.3) is 0 Å². The number of ether oxygens (including phenoxy) is 2. The Hall–Kier alpha value is -1.38. The molecular formula is C33H60N2O5S. The number of amides is 2. The lowest BCUT2D eigenvalue weighted by molar-refractivity contribution is -0.304. The Kier molecular flexibility index (Phi) is 19.6. The van der Waals surface area contributed by atoms with Gasteiger partial charge in [0.05, 0.1) is 6.61 Å². The Balaban J connectivity index is 2.02. The number of carbonyl (C=O) groups is 3. The predicted molar refractivity (Wildman–Crippen MR) is 171 cm³/mol. The molecule has 1 aliphatic heterocycles. The van der Waals surface area contributed by atoms with Crippen molar-refractivity contribution in [1.82, 2.24) is 10.6 Å². The van der Waals surface area contributed by atoms with Gasteiger partial charge >= 0.3 is 0 Å². The van der Waals surface area contributed by atoms with E-state index < -0.39 is 17.3 Å². The van der Waals surface area contributed by atoms with E-state index >= 15 is 0 Å². The summed E-state index contributed by atoms with van der Waals surface area (Å²) in [6.45, 7) is 12.3. The first-order chi connectivity index (χ1) is 19.5. The van der Waals surface area contributed by atoms with Crippen molar-refractivity contribution < 1.29 is 23.9 Å². The normalized spacial score (nSPS) is 18.7. The molecule has 2 atom stereocenters. The van der Waals surface area contributed by atoms with Gasteiger partial charge in [0.25, 0.3) is 0 Å². The number of unbranched alkanes of at least 4 members (excludes halogenated alkanes) is 11. The van der Waals surface area contributed by atoms with E-state index in [-0.39, 0.29) is 35.9 Å². The first kappa shape index (κ1) is 37.6. The van der Waals surface area contributed by atoms with E-state index in [0.29, 0.717) is 18.8 Å². The first-order valence-electron chi connectivity index (χ1n) is 16.2. The van der Waals surface area contributed by atoms with Crippen molar-refractivity contribution in [2.45, 2.75) is 156 Å². The molecule has 1 fully saturated rings. The van der Waals surface area contributed by atoms with Gasteiger partial charge in [0.1, 0.15) is 6.10 Å². The quantitative estimate of drug-likeness (QED) is 0.0995. The molecule has 2 N–H and O–H groups in total. The van der Waals surface area contributed by atoms with E-state index in [9.17, 15) is 14.4 Å². The largest absolute Gasteiger partial charge is 0.353 e. The van der Waals surface area contributed by atoms with Gasteiger partial charge in [-0.2, -0.15) is 0 Å².